The van der Waals surface area contributed by atoms with Gasteiger partial charge < -0.3 is 9.09 Å². The van der Waals surface area contributed by atoms with Crippen molar-refractivity contribution in [1.29, 1.82) is 0 Å². The second-order valence-electron chi connectivity index (χ2n) is 8.88. The minimum absolute atomic E-state index is 0.0359. The second kappa shape index (κ2) is 10.1. The van der Waals surface area contributed by atoms with Gasteiger partial charge in [-0.25, -0.2) is 4.98 Å². The van der Waals surface area contributed by atoms with Crippen molar-refractivity contribution in [3.8, 4) is 0 Å². The summed E-state index contributed by atoms with van der Waals surface area (Å²) in [5.74, 6) is 2.47. The zero-order valence-electron chi connectivity index (χ0n) is 19.2. The first-order valence-corrected chi connectivity index (χ1v) is 11.9. The minimum atomic E-state index is -0.0359. The smallest absolute Gasteiger partial charge is 0.240 e. The van der Waals surface area contributed by atoms with E-state index in [-0.39, 0.29) is 5.92 Å². The molecule has 6 nitrogen and oxygen atoms in total. The molecule has 33 heavy (non-hydrogen) atoms. The van der Waals surface area contributed by atoms with Crippen LogP contribution in [0, 0.1) is 6.92 Å². The Labute approximate surface area is 195 Å². The van der Waals surface area contributed by atoms with Gasteiger partial charge in [0.25, 0.3) is 0 Å². The van der Waals surface area contributed by atoms with E-state index >= 15 is 0 Å². The molecule has 1 atom stereocenters. The fourth-order valence-corrected chi connectivity index (χ4v) is 4.93. The third-order valence-electron chi connectivity index (χ3n) is 6.72. The zero-order chi connectivity index (χ0) is 22.5. The number of benzene rings is 2. The first kappa shape index (κ1) is 21.6. The Morgan fingerprint density at radius 3 is 2.39 bits per heavy atom. The van der Waals surface area contributed by atoms with Crippen molar-refractivity contribution in [2.24, 2.45) is 0 Å². The number of piperidine rings is 1. The van der Waals surface area contributed by atoms with Gasteiger partial charge in [0.05, 0.1) is 12.5 Å². The summed E-state index contributed by atoms with van der Waals surface area (Å²) in [4.78, 5) is 11.8. The number of hydrogen-bond donors (Lipinski definition) is 0. The highest BCUT2D eigenvalue weighted by Crippen LogP contribution is 2.30. The number of imidazole rings is 1. The first-order valence-electron chi connectivity index (χ1n) is 11.9. The fourth-order valence-electron chi connectivity index (χ4n) is 4.93. The van der Waals surface area contributed by atoms with Crippen LogP contribution in [-0.4, -0.2) is 37.2 Å². The Morgan fingerprint density at radius 2 is 1.73 bits per heavy atom. The maximum Gasteiger partial charge on any atom is 0.240 e. The van der Waals surface area contributed by atoms with Crippen molar-refractivity contribution >= 4 is 0 Å². The predicted molar refractivity (Wildman–Crippen MR) is 128 cm³/mol. The van der Waals surface area contributed by atoms with Crippen molar-refractivity contribution < 1.29 is 4.52 Å². The molecule has 2 aromatic heterocycles. The Balaban J connectivity index is 1.33. The maximum atomic E-state index is 5.79. The van der Waals surface area contributed by atoms with E-state index in [9.17, 15) is 0 Å². The molecule has 6 heteroatoms. The summed E-state index contributed by atoms with van der Waals surface area (Å²) in [7, 11) is 0. The molecule has 5 rings (SSSR count). The topological polar surface area (TPSA) is 60.0 Å². The van der Waals surface area contributed by atoms with Crippen molar-refractivity contribution in [3.05, 3.63) is 102 Å². The molecule has 1 unspecified atom stereocenters. The van der Waals surface area contributed by atoms with Crippen LogP contribution in [0.15, 0.2) is 77.6 Å². The van der Waals surface area contributed by atoms with E-state index < -0.39 is 0 Å². The lowest BCUT2D eigenvalue weighted by Gasteiger charge is -2.34. The summed E-state index contributed by atoms with van der Waals surface area (Å²) in [6.07, 6.45) is 8.77. The van der Waals surface area contributed by atoms with Gasteiger partial charge in [-0.05, 0) is 43.9 Å². The Morgan fingerprint density at radius 1 is 1.00 bits per heavy atom. The molecule has 0 spiro atoms. The van der Waals surface area contributed by atoms with Crippen LogP contribution in [0.1, 0.15) is 60.3 Å². The summed E-state index contributed by atoms with van der Waals surface area (Å²) in [6, 6.07) is 21.4. The number of aryl methyl sites for hydroxylation is 2. The summed E-state index contributed by atoms with van der Waals surface area (Å²) in [6.45, 7) is 4.84. The Hall–Kier alpha value is -3.25. The van der Waals surface area contributed by atoms with Gasteiger partial charge in [0, 0.05) is 25.0 Å². The number of nitrogens with zero attached hydrogens (tertiary/aromatic N) is 5. The molecule has 1 aliphatic rings. The SMILES string of the molecule is Cc1nccn1CCC1CCCCN1Cc1nc(C(c2ccccc2)c2ccccc2)no1. The van der Waals surface area contributed by atoms with Crippen LogP contribution in [0.5, 0.6) is 0 Å². The van der Waals surface area contributed by atoms with Crippen molar-refractivity contribution in [3.63, 3.8) is 0 Å². The van der Waals surface area contributed by atoms with Gasteiger partial charge >= 0.3 is 0 Å². The highest BCUT2D eigenvalue weighted by molar-refractivity contribution is 5.37. The number of rotatable bonds is 8. The summed E-state index contributed by atoms with van der Waals surface area (Å²) in [5.41, 5.74) is 2.34. The third-order valence-corrected chi connectivity index (χ3v) is 6.72. The van der Waals surface area contributed by atoms with Gasteiger partial charge in [-0.15, -0.1) is 0 Å². The molecular weight excluding hydrogens is 410 g/mol. The normalized spacial score (nSPS) is 17.0. The largest absolute Gasteiger partial charge is 0.338 e. The lowest BCUT2D eigenvalue weighted by atomic mass is 9.91. The van der Waals surface area contributed by atoms with Gasteiger partial charge in [0.15, 0.2) is 5.82 Å². The second-order valence-corrected chi connectivity index (χ2v) is 8.88. The van der Waals surface area contributed by atoms with Crippen molar-refractivity contribution in [1.82, 2.24) is 24.6 Å². The molecule has 1 fully saturated rings. The summed E-state index contributed by atoms with van der Waals surface area (Å²) < 4.78 is 8.03. The van der Waals surface area contributed by atoms with Crippen molar-refractivity contribution in [2.75, 3.05) is 6.54 Å². The van der Waals surface area contributed by atoms with Crippen LogP contribution >= 0.6 is 0 Å². The average molecular weight is 442 g/mol. The Bertz CT molecular complexity index is 1100. The molecular formula is C27H31N5O. The van der Waals surface area contributed by atoms with Crippen LogP contribution in [0.2, 0.25) is 0 Å². The van der Waals surface area contributed by atoms with Gasteiger partial charge in [0.2, 0.25) is 5.89 Å². The molecule has 170 valence electrons. The van der Waals surface area contributed by atoms with E-state index in [1.807, 2.05) is 18.3 Å². The van der Waals surface area contributed by atoms with Crippen LogP contribution < -0.4 is 0 Å². The molecule has 3 heterocycles. The minimum Gasteiger partial charge on any atom is -0.338 e. The van der Waals surface area contributed by atoms with Crippen LogP contribution in [-0.2, 0) is 13.1 Å². The first-order chi connectivity index (χ1) is 16.3. The summed E-state index contributed by atoms with van der Waals surface area (Å²) >= 11 is 0. The predicted octanol–water partition coefficient (Wildman–Crippen LogP) is 5.20. The molecule has 0 bridgehead atoms. The lowest BCUT2D eigenvalue weighted by molar-refractivity contribution is 0.113. The number of likely N-dealkylation sites (tertiary alicyclic amines) is 1. The summed E-state index contributed by atoms with van der Waals surface area (Å²) in [5, 5.41) is 4.43. The molecule has 0 N–H and O–H groups in total. The van der Waals surface area contributed by atoms with E-state index in [1.165, 1.54) is 30.4 Å². The standard InChI is InChI=1S/C27H31N5O/c1-21-28-16-19-31(21)18-15-24-14-8-9-17-32(24)20-25-29-27(30-33-25)26(22-10-4-2-5-11-22)23-12-6-3-7-13-23/h2-7,10-13,16,19,24,26H,8-9,14-15,17-18,20H2,1H3. The number of aromatic nitrogens is 4. The van der Waals surface area contributed by atoms with Gasteiger partial charge in [0.1, 0.15) is 5.82 Å². The lowest BCUT2D eigenvalue weighted by Crippen LogP contribution is -2.39. The monoisotopic (exact) mass is 441 g/mol. The van der Waals surface area contributed by atoms with Crippen LogP contribution in [0.4, 0.5) is 0 Å². The fraction of sp³-hybridized carbons (Fsp3) is 0.370. The molecule has 0 radical (unpaired) electrons. The van der Waals surface area contributed by atoms with E-state index in [2.05, 4.69) is 81.3 Å². The maximum absolute atomic E-state index is 5.79. The third kappa shape index (κ3) is 5.06. The number of hydrogen-bond acceptors (Lipinski definition) is 5. The average Bonchev–Trinajstić information content (AvgIpc) is 3.49. The molecule has 1 saturated heterocycles. The van der Waals surface area contributed by atoms with Gasteiger partial charge in [-0.2, -0.15) is 4.98 Å². The molecule has 0 amide bonds. The van der Waals surface area contributed by atoms with Crippen LogP contribution in [0.25, 0.3) is 0 Å². The van der Waals surface area contributed by atoms with E-state index in [1.54, 1.807) is 0 Å². The van der Waals surface area contributed by atoms with Crippen molar-refractivity contribution in [2.45, 2.75) is 57.7 Å². The van der Waals surface area contributed by atoms with E-state index in [0.29, 0.717) is 18.5 Å². The molecule has 4 aromatic rings. The highest BCUT2D eigenvalue weighted by Gasteiger charge is 2.26. The molecule has 0 aliphatic carbocycles. The highest BCUT2D eigenvalue weighted by atomic mass is 16.5. The van der Waals surface area contributed by atoms with Gasteiger partial charge in [-0.1, -0.05) is 72.2 Å². The zero-order valence-corrected chi connectivity index (χ0v) is 19.2. The van der Waals surface area contributed by atoms with E-state index in [0.717, 1.165) is 31.2 Å². The molecule has 1 aliphatic heterocycles. The van der Waals surface area contributed by atoms with Gasteiger partial charge in [-0.3, -0.25) is 4.90 Å². The quantitative estimate of drug-likeness (QED) is 0.376. The van der Waals surface area contributed by atoms with E-state index in [4.69, 9.17) is 9.51 Å². The Kier molecular flexibility index (Phi) is 6.63. The molecule has 2 aromatic carbocycles. The molecule has 0 saturated carbocycles. The van der Waals surface area contributed by atoms with Crippen LogP contribution in [0.3, 0.4) is 0 Å².